The van der Waals surface area contributed by atoms with Crippen LogP contribution in [-0.2, 0) is 26.5 Å². The van der Waals surface area contributed by atoms with E-state index < -0.39 is 5.41 Å². The zero-order valence-electron chi connectivity index (χ0n) is 33.0. The molecular formula is C55H35N5Pt. The molecule has 0 saturated carbocycles. The van der Waals surface area contributed by atoms with Crippen LogP contribution in [0.15, 0.2) is 195 Å². The maximum atomic E-state index is 5.61. The number of nitrogens with zero attached hydrogens (tertiary/aromatic N) is 5. The number of pyridine rings is 2. The molecule has 0 saturated heterocycles. The molecule has 0 atom stereocenters. The second-order valence-corrected chi connectivity index (χ2v) is 15.6. The first-order valence-corrected chi connectivity index (χ1v) is 20.3. The largest absolute Gasteiger partial charge is 2.00 e. The Morgan fingerprint density at radius 3 is 2.05 bits per heavy atom. The van der Waals surface area contributed by atoms with Gasteiger partial charge in [0.15, 0.2) is 0 Å². The third-order valence-electron chi connectivity index (χ3n) is 12.3. The van der Waals surface area contributed by atoms with E-state index in [9.17, 15) is 0 Å². The van der Waals surface area contributed by atoms with Crippen LogP contribution in [0.2, 0.25) is 0 Å². The van der Waals surface area contributed by atoms with Crippen LogP contribution in [0.5, 0.6) is 0 Å². The van der Waals surface area contributed by atoms with E-state index in [-0.39, 0.29) is 21.1 Å². The molecule has 4 aromatic heterocycles. The van der Waals surface area contributed by atoms with Crippen LogP contribution in [0.1, 0.15) is 27.9 Å². The van der Waals surface area contributed by atoms with Crippen molar-refractivity contribution in [3.63, 3.8) is 0 Å². The summed E-state index contributed by atoms with van der Waals surface area (Å²) in [6.07, 6.45) is 5.62. The Morgan fingerprint density at radius 2 is 1.26 bits per heavy atom. The van der Waals surface area contributed by atoms with Gasteiger partial charge >= 0.3 is 21.1 Å². The second-order valence-electron chi connectivity index (χ2n) is 15.6. The topological polar surface area (TPSA) is 57.7 Å². The van der Waals surface area contributed by atoms with Crippen molar-refractivity contribution < 1.29 is 21.1 Å². The van der Waals surface area contributed by atoms with Crippen LogP contribution in [0.25, 0.3) is 83.3 Å². The van der Waals surface area contributed by atoms with E-state index in [2.05, 4.69) is 198 Å². The normalized spacial score (nSPS) is 12.7. The smallest absolute Gasteiger partial charge is 0.656 e. The molecule has 0 amide bonds. The summed E-state index contributed by atoms with van der Waals surface area (Å²) in [5.74, 6) is 0.831. The summed E-state index contributed by atoms with van der Waals surface area (Å²) in [6, 6.07) is 66.3. The predicted octanol–water partition coefficient (Wildman–Crippen LogP) is 12.5. The predicted molar refractivity (Wildman–Crippen MR) is 242 cm³/mol. The van der Waals surface area contributed by atoms with Gasteiger partial charge in [-0.05, 0) is 99.1 Å². The molecule has 0 radical (unpaired) electrons. The van der Waals surface area contributed by atoms with Crippen molar-refractivity contribution >= 4 is 32.8 Å². The van der Waals surface area contributed by atoms with Crippen molar-refractivity contribution in [2.24, 2.45) is 0 Å². The number of benzene rings is 7. The summed E-state index contributed by atoms with van der Waals surface area (Å²) in [4.78, 5) is 20.3. The van der Waals surface area contributed by atoms with Gasteiger partial charge in [0.05, 0.1) is 22.1 Å². The first-order valence-electron chi connectivity index (χ1n) is 20.3. The van der Waals surface area contributed by atoms with Crippen LogP contribution in [0, 0.1) is 13.0 Å². The molecule has 6 heteroatoms. The number of fused-ring (bicyclic) bond motifs is 7. The molecule has 0 N–H and O–H groups in total. The molecule has 1 aliphatic rings. The van der Waals surface area contributed by atoms with Gasteiger partial charge < -0.3 is 4.98 Å². The second kappa shape index (κ2) is 14.5. The van der Waals surface area contributed by atoms with E-state index in [0.29, 0.717) is 0 Å². The van der Waals surface area contributed by atoms with Crippen LogP contribution in [-0.4, -0.2) is 19.5 Å². The van der Waals surface area contributed by atoms with Gasteiger partial charge in [-0.3, -0.25) is 14.5 Å². The standard InChI is InChI=1S/C55H35N5.Pt/c1-35-27-32-57-50(33-35)55(46-23-7-5-17-42(46)43-18-6-8-24-47(43)55)38-14-9-13-37(34-38)41-20-12-26-49-53(41)59-54(60(49)39-15-3-2-4-16-39)45-22-10-21-44-51-40(36-28-30-56-31-29-36)19-11-25-48(51)58-52(44)45;/h2-33H,1H3;/q-2;+2. The summed E-state index contributed by atoms with van der Waals surface area (Å²) in [5.41, 5.74) is 17.4. The quantitative estimate of drug-likeness (QED) is 0.156. The fraction of sp³-hybridized carbons (Fsp3) is 0.0364. The minimum absolute atomic E-state index is 0. The van der Waals surface area contributed by atoms with Gasteiger partial charge in [-0.1, -0.05) is 121 Å². The average Bonchev–Trinajstić information content (AvgIpc) is 3.99. The minimum atomic E-state index is -0.673. The molecule has 61 heavy (non-hydrogen) atoms. The van der Waals surface area contributed by atoms with Crippen molar-refractivity contribution in [1.82, 2.24) is 24.5 Å². The van der Waals surface area contributed by atoms with Crippen LogP contribution in [0.4, 0.5) is 0 Å². The van der Waals surface area contributed by atoms with Gasteiger partial charge in [0, 0.05) is 29.8 Å². The maximum Gasteiger partial charge on any atom is 2.00 e. The van der Waals surface area contributed by atoms with Crippen LogP contribution < -0.4 is 4.98 Å². The van der Waals surface area contributed by atoms with Gasteiger partial charge in [0.25, 0.3) is 0 Å². The van der Waals surface area contributed by atoms with E-state index in [4.69, 9.17) is 15.0 Å². The molecule has 0 spiro atoms. The Labute approximate surface area is 367 Å². The minimum Gasteiger partial charge on any atom is -0.656 e. The van der Waals surface area contributed by atoms with Crippen molar-refractivity contribution in [2.75, 3.05) is 0 Å². The van der Waals surface area contributed by atoms with E-state index >= 15 is 0 Å². The number of imidazole rings is 1. The van der Waals surface area contributed by atoms with Gasteiger partial charge in [0.1, 0.15) is 5.82 Å². The summed E-state index contributed by atoms with van der Waals surface area (Å²) in [7, 11) is 0. The number of aromatic nitrogens is 5. The summed E-state index contributed by atoms with van der Waals surface area (Å²) in [5, 5.41) is 2.22. The number of hydrogen-bond acceptors (Lipinski definition) is 3. The molecule has 0 unspecified atom stereocenters. The number of para-hydroxylation sites is 3. The number of aryl methyl sites for hydroxylation is 1. The van der Waals surface area contributed by atoms with Crippen molar-refractivity contribution in [3.8, 4) is 50.5 Å². The third-order valence-corrected chi connectivity index (χ3v) is 12.3. The SMILES string of the molecule is Cc1ccnc(C2(c3[c-]c(-c4cccc5c4nc(-c4cccc6c4[n-]c4cccc(-c7ccncc7)c46)n5-c4ccccc4)ccc3)c3ccccc3-c3ccccc32)c1.[Pt+2]. The van der Waals surface area contributed by atoms with Crippen LogP contribution >= 0.6 is 0 Å². The van der Waals surface area contributed by atoms with E-state index in [1.807, 2.05) is 18.6 Å². The molecule has 0 aliphatic heterocycles. The Hall–Kier alpha value is -7.20. The van der Waals surface area contributed by atoms with E-state index in [0.717, 1.165) is 89.0 Å². The molecule has 290 valence electrons. The molecule has 0 bridgehead atoms. The Balaban J connectivity index is 0.00000420. The van der Waals surface area contributed by atoms with Crippen molar-refractivity contribution in [1.29, 1.82) is 0 Å². The summed E-state index contributed by atoms with van der Waals surface area (Å²) in [6.45, 7) is 2.14. The summed E-state index contributed by atoms with van der Waals surface area (Å²) < 4.78 is 2.28. The fourth-order valence-corrected chi connectivity index (χ4v) is 9.72. The average molecular weight is 961 g/mol. The Kier molecular flexibility index (Phi) is 8.77. The van der Waals surface area contributed by atoms with Crippen molar-refractivity contribution in [2.45, 2.75) is 12.3 Å². The van der Waals surface area contributed by atoms with Crippen LogP contribution in [0.3, 0.4) is 0 Å². The van der Waals surface area contributed by atoms with Gasteiger partial charge in [-0.15, -0.1) is 46.4 Å². The molecule has 7 aromatic carbocycles. The Bertz CT molecular complexity index is 3410. The van der Waals surface area contributed by atoms with Crippen molar-refractivity contribution in [3.05, 3.63) is 229 Å². The molecule has 1 aliphatic carbocycles. The van der Waals surface area contributed by atoms with Gasteiger partial charge in [0.2, 0.25) is 0 Å². The molecule has 4 heterocycles. The zero-order valence-corrected chi connectivity index (χ0v) is 35.3. The van der Waals surface area contributed by atoms with Gasteiger partial charge in [-0.25, -0.2) is 4.98 Å². The fourth-order valence-electron chi connectivity index (χ4n) is 9.72. The Morgan fingerprint density at radius 1 is 0.590 bits per heavy atom. The maximum absolute atomic E-state index is 5.61. The third kappa shape index (κ3) is 5.54. The van der Waals surface area contributed by atoms with Gasteiger partial charge in [-0.2, -0.15) is 0 Å². The monoisotopic (exact) mass is 960 g/mol. The van der Waals surface area contributed by atoms with E-state index in [1.54, 1.807) is 0 Å². The number of hydrogen-bond donors (Lipinski definition) is 0. The molecule has 5 nitrogen and oxygen atoms in total. The summed E-state index contributed by atoms with van der Waals surface area (Å²) >= 11 is 0. The molecular weight excluding hydrogens is 926 g/mol. The molecule has 12 rings (SSSR count). The molecule has 11 aromatic rings. The van der Waals surface area contributed by atoms with E-state index in [1.165, 1.54) is 22.3 Å². The zero-order chi connectivity index (χ0) is 39.8. The number of rotatable bonds is 6. The first-order chi connectivity index (χ1) is 29.7. The first kappa shape index (κ1) is 36.8. The molecule has 0 fully saturated rings.